The van der Waals surface area contributed by atoms with Crippen LogP contribution in [-0.4, -0.2) is 0 Å². The first-order valence-corrected chi connectivity index (χ1v) is 18.8. The number of rotatable bonds is 3. The molecule has 0 aromatic heterocycles. The normalized spacial score (nSPS) is 15.3. The van der Waals surface area contributed by atoms with E-state index >= 15 is 0 Å². The summed E-state index contributed by atoms with van der Waals surface area (Å²) in [4.78, 5) is 0. The SMILES string of the molecule is CCC(c1c(C(C)(C)C)c(C(C)(C)C)cc(C(C)(C)C)c1C(C)(C)C)c1c(C(C)(C)C)cc(C(C)(C)C)c(C(C)(C)C)c1C(C)(C)C. The highest BCUT2D eigenvalue weighted by Crippen LogP contribution is 2.54. The van der Waals surface area contributed by atoms with Crippen molar-refractivity contribution >= 4 is 0 Å². The Morgan fingerprint density at radius 2 is 0.574 bits per heavy atom. The van der Waals surface area contributed by atoms with Crippen molar-refractivity contribution in [1.29, 1.82) is 0 Å². The second-order valence-electron chi connectivity index (χ2n) is 23.2. The highest BCUT2D eigenvalue weighted by atomic mass is 14.5. The Morgan fingerprint density at radius 3 is 0.809 bits per heavy atom. The number of benzene rings is 2. The van der Waals surface area contributed by atoms with E-state index in [-0.39, 0.29) is 49.2 Å². The van der Waals surface area contributed by atoms with Gasteiger partial charge in [-0.3, -0.25) is 0 Å². The van der Waals surface area contributed by atoms with Gasteiger partial charge in [0.2, 0.25) is 0 Å². The summed E-state index contributed by atoms with van der Waals surface area (Å²) in [6, 6.07) is 5.30. The van der Waals surface area contributed by atoms with Crippen LogP contribution in [0.5, 0.6) is 0 Å². The van der Waals surface area contributed by atoms with Crippen LogP contribution in [0.2, 0.25) is 0 Å². The van der Waals surface area contributed by atoms with E-state index in [9.17, 15) is 0 Å². The molecule has 2 rings (SSSR count). The zero-order chi connectivity index (χ0) is 37.5. The maximum Gasteiger partial charge on any atom is 0.00987 e. The summed E-state index contributed by atoms with van der Waals surface area (Å²) in [5.41, 5.74) is 15.6. The molecule has 268 valence electrons. The lowest BCUT2D eigenvalue weighted by atomic mass is 9.58. The second-order valence-corrected chi connectivity index (χ2v) is 23.2. The van der Waals surface area contributed by atoms with E-state index in [4.69, 9.17) is 0 Å². The molecule has 0 spiro atoms. The summed E-state index contributed by atoms with van der Waals surface area (Å²) >= 11 is 0. The first-order chi connectivity index (χ1) is 20.4. The quantitative estimate of drug-likeness (QED) is 0.312. The molecule has 1 unspecified atom stereocenters. The second kappa shape index (κ2) is 12.3. The minimum absolute atomic E-state index is 0.00176. The first-order valence-electron chi connectivity index (χ1n) is 18.8. The predicted molar refractivity (Wildman–Crippen MR) is 215 cm³/mol. The van der Waals surface area contributed by atoms with Crippen molar-refractivity contribution in [3.8, 4) is 0 Å². The largest absolute Gasteiger partial charge is 0.0645 e. The smallest absolute Gasteiger partial charge is 0.00987 e. The molecular formula is C47H80. The zero-order valence-corrected chi connectivity index (χ0v) is 36.4. The van der Waals surface area contributed by atoms with Crippen LogP contribution in [0.15, 0.2) is 12.1 Å². The standard InChI is InChI=1S/C47H80/c1-26-29(34-30(40(2,3)4)27-33(43(11,12)13)38(46(20,21)22)39(34)47(23,24)25)35-36(44(14,15)16)31(41(5,6)7)28-32(42(8,9)10)37(35)45(17,18)19/h27-29H,26H2,1-25H3. The Morgan fingerprint density at radius 1 is 0.319 bits per heavy atom. The van der Waals surface area contributed by atoms with Crippen LogP contribution in [0.4, 0.5) is 0 Å². The van der Waals surface area contributed by atoms with Crippen molar-refractivity contribution in [3.63, 3.8) is 0 Å². The number of hydrogen-bond donors (Lipinski definition) is 0. The topological polar surface area (TPSA) is 0 Å². The van der Waals surface area contributed by atoms with Gasteiger partial charge in [0.25, 0.3) is 0 Å². The molecule has 0 radical (unpaired) electrons. The van der Waals surface area contributed by atoms with Crippen molar-refractivity contribution in [1.82, 2.24) is 0 Å². The van der Waals surface area contributed by atoms with Crippen molar-refractivity contribution in [2.45, 2.75) is 229 Å². The molecule has 0 nitrogen and oxygen atoms in total. The monoisotopic (exact) mass is 645 g/mol. The van der Waals surface area contributed by atoms with E-state index in [2.05, 4.69) is 185 Å². The van der Waals surface area contributed by atoms with Crippen LogP contribution in [0, 0.1) is 0 Å². The Hall–Kier alpha value is -1.56. The third kappa shape index (κ3) is 8.61. The van der Waals surface area contributed by atoms with Crippen LogP contribution in [0.3, 0.4) is 0 Å². The van der Waals surface area contributed by atoms with Crippen LogP contribution in [0.25, 0.3) is 0 Å². The lowest BCUT2D eigenvalue weighted by Crippen LogP contribution is -2.35. The third-order valence-corrected chi connectivity index (χ3v) is 10.1. The van der Waals surface area contributed by atoms with E-state index in [1.807, 2.05) is 0 Å². The summed E-state index contributed by atoms with van der Waals surface area (Å²) in [6.07, 6.45) is 1.06. The molecule has 0 aliphatic heterocycles. The molecule has 2 aromatic rings. The van der Waals surface area contributed by atoms with Crippen molar-refractivity contribution in [2.75, 3.05) is 0 Å². The predicted octanol–water partition coefficient (Wildman–Crippen LogP) is 14.6. The molecule has 0 saturated heterocycles. The molecule has 0 bridgehead atoms. The Labute approximate surface area is 295 Å². The van der Waals surface area contributed by atoms with Gasteiger partial charge in [0.1, 0.15) is 0 Å². The zero-order valence-electron chi connectivity index (χ0n) is 36.4. The fraction of sp³-hybridized carbons (Fsp3) is 0.745. The van der Waals surface area contributed by atoms with Gasteiger partial charge < -0.3 is 0 Å². The van der Waals surface area contributed by atoms with Gasteiger partial charge in [-0.2, -0.15) is 0 Å². The molecule has 0 saturated carbocycles. The molecule has 0 N–H and O–H groups in total. The van der Waals surface area contributed by atoms with Gasteiger partial charge >= 0.3 is 0 Å². The van der Waals surface area contributed by atoms with Crippen LogP contribution in [-0.2, 0) is 43.3 Å². The molecule has 0 heteroatoms. The van der Waals surface area contributed by atoms with Gasteiger partial charge in [0.15, 0.2) is 0 Å². The average Bonchev–Trinajstić information content (AvgIpc) is 2.77. The molecule has 0 fully saturated rings. The van der Waals surface area contributed by atoms with Gasteiger partial charge in [0.05, 0.1) is 0 Å². The minimum atomic E-state index is -0.0368. The summed E-state index contributed by atoms with van der Waals surface area (Å²) in [5.74, 6) is 0.264. The van der Waals surface area contributed by atoms with Gasteiger partial charge in [-0.15, -0.1) is 0 Å². The number of hydrogen-bond acceptors (Lipinski definition) is 0. The Kier molecular flexibility index (Phi) is 10.9. The molecule has 0 heterocycles. The maximum atomic E-state index is 2.67. The summed E-state index contributed by atoms with van der Waals surface area (Å²) in [6.45, 7) is 61.3. The van der Waals surface area contributed by atoms with E-state index in [1.54, 1.807) is 33.4 Å². The van der Waals surface area contributed by atoms with E-state index in [0.717, 1.165) is 6.42 Å². The fourth-order valence-corrected chi connectivity index (χ4v) is 8.23. The van der Waals surface area contributed by atoms with Crippen molar-refractivity contribution < 1.29 is 0 Å². The molecule has 0 aliphatic carbocycles. The highest BCUT2D eigenvalue weighted by molar-refractivity contribution is 5.64. The van der Waals surface area contributed by atoms with E-state index < -0.39 is 0 Å². The minimum Gasteiger partial charge on any atom is -0.0645 e. The first kappa shape index (κ1) is 41.6. The molecule has 1 atom stereocenters. The van der Waals surface area contributed by atoms with Crippen LogP contribution >= 0.6 is 0 Å². The van der Waals surface area contributed by atoms with Gasteiger partial charge in [-0.05, 0) is 105 Å². The molecule has 2 aromatic carbocycles. The van der Waals surface area contributed by atoms with Crippen LogP contribution in [0.1, 0.15) is 241 Å². The van der Waals surface area contributed by atoms with Gasteiger partial charge in [0, 0.05) is 5.92 Å². The summed E-state index contributed by atoms with van der Waals surface area (Å²) in [7, 11) is 0. The summed E-state index contributed by atoms with van der Waals surface area (Å²) < 4.78 is 0. The Bertz CT molecular complexity index is 1380. The lowest BCUT2D eigenvalue weighted by molar-refractivity contribution is 0.469. The molecule has 0 aliphatic rings. The van der Waals surface area contributed by atoms with Crippen molar-refractivity contribution in [2.24, 2.45) is 0 Å². The van der Waals surface area contributed by atoms with Crippen LogP contribution < -0.4 is 0 Å². The Balaban J connectivity index is 3.75. The summed E-state index contributed by atoms with van der Waals surface area (Å²) in [5, 5.41) is 0. The van der Waals surface area contributed by atoms with Gasteiger partial charge in [-0.25, -0.2) is 0 Å². The van der Waals surface area contributed by atoms with E-state index in [0.29, 0.717) is 0 Å². The fourth-order valence-electron chi connectivity index (χ4n) is 8.23. The molecular weight excluding hydrogens is 565 g/mol. The lowest BCUT2D eigenvalue weighted by Gasteiger charge is -2.46. The molecule has 47 heavy (non-hydrogen) atoms. The molecule has 0 amide bonds. The van der Waals surface area contributed by atoms with Crippen molar-refractivity contribution in [3.05, 3.63) is 67.8 Å². The third-order valence-electron chi connectivity index (χ3n) is 10.1. The van der Waals surface area contributed by atoms with Gasteiger partial charge in [-0.1, -0.05) is 185 Å². The maximum absolute atomic E-state index is 2.67. The van der Waals surface area contributed by atoms with E-state index in [1.165, 1.54) is 22.3 Å². The highest BCUT2D eigenvalue weighted by Gasteiger charge is 2.43. The average molecular weight is 645 g/mol.